The Balaban J connectivity index is 2.38. The highest BCUT2D eigenvalue weighted by Gasteiger charge is 2.33. The summed E-state index contributed by atoms with van der Waals surface area (Å²) < 4.78 is 27.3. The van der Waals surface area contributed by atoms with Gasteiger partial charge in [-0.05, 0) is 19.4 Å². The predicted octanol–water partition coefficient (Wildman–Crippen LogP) is 0.904. The third-order valence-electron chi connectivity index (χ3n) is 3.16. The number of aromatic nitrogens is 2. The standard InChI is InChI=1S/C13H17N3O3S/c1-10-12(8-14-15-10)20(18,19)16-13(2,9-17)11-6-4-3-5-7-11/h3-8,16-17H,9H2,1-2H3,(H,14,15). The molecular formula is C13H17N3O3S. The fourth-order valence-corrected chi connectivity index (χ4v) is 3.48. The van der Waals surface area contributed by atoms with Gasteiger partial charge in [-0.15, -0.1) is 0 Å². The van der Waals surface area contributed by atoms with E-state index in [1.165, 1.54) is 6.20 Å². The van der Waals surface area contributed by atoms with Crippen LogP contribution in [0.4, 0.5) is 0 Å². The van der Waals surface area contributed by atoms with Crippen molar-refractivity contribution in [2.45, 2.75) is 24.3 Å². The average molecular weight is 295 g/mol. The molecule has 0 fully saturated rings. The lowest BCUT2D eigenvalue weighted by Crippen LogP contribution is -2.46. The van der Waals surface area contributed by atoms with Crippen molar-refractivity contribution >= 4 is 10.0 Å². The number of rotatable bonds is 5. The van der Waals surface area contributed by atoms with Gasteiger partial charge in [0.25, 0.3) is 0 Å². The number of hydrogen-bond acceptors (Lipinski definition) is 4. The minimum Gasteiger partial charge on any atom is -0.394 e. The number of aliphatic hydroxyl groups excluding tert-OH is 1. The molecule has 2 rings (SSSR count). The quantitative estimate of drug-likeness (QED) is 0.764. The molecule has 1 aromatic heterocycles. The van der Waals surface area contributed by atoms with Crippen LogP contribution in [-0.4, -0.2) is 30.3 Å². The molecule has 108 valence electrons. The van der Waals surface area contributed by atoms with Gasteiger partial charge in [0, 0.05) is 0 Å². The van der Waals surface area contributed by atoms with Crippen LogP contribution in [0, 0.1) is 6.92 Å². The molecule has 0 aliphatic rings. The third-order valence-corrected chi connectivity index (χ3v) is 4.87. The zero-order chi connectivity index (χ0) is 14.8. The summed E-state index contributed by atoms with van der Waals surface area (Å²) in [7, 11) is -3.77. The number of H-pyrrole nitrogens is 1. The van der Waals surface area contributed by atoms with Crippen molar-refractivity contribution in [3.63, 3.8) is 0 Å². The van der Waals surface area contributed by atoms with Crippen molar-refractivity contribution in [1.29, 1.82) is 0 Å². The first-order chi connectivity index (χ1) is 9.39. The fourth-order valence-electron chi connectivity index (χ4n) is 1.95. The fraction of sp³-hybridized carbons (Fsp3) is 0.308. The second kappa shape index (κ2) is 5.35. The van der Waals surface area contributed by atoms with Crippen LogP contribution in [0.2, 0.25) is 0 Å². The molecule has 1 atom stereocenters. The average Bonchev–Trinajstić information content (AvgIpc) is 2.86. The summed E-state index contributed by atoms with van der Waals surface area (Å²) in [5.74, 6) is 0. The number of sulfonamides is 1. The van der Waals surface area contributed by atoms with Gasteiger partial charge in [-0.1, -0.05) is 30.3 Å². The highest BCUT2D eigenvalue weighted by atomic mass is 32.2. The second-order valence-electron chi connectivity index (χ2n) is 4.82. The van der Waals surface area contributed by atoms with Crippen LogP contribution in [0.25, 0.3) is 0 Å². The first kappa shape index (κ1) is 14.7. The predicted molar refractivity (Wildman–Crippen MR) is 74.5 cm³/mol. The minimum absolute atomic E-state index is 0.0770. The number of nitrogens with one attached hydrogen (secondary N) is 2. The second-order valence-corrected chi connectivity index (χ2v) is 6.47. The van der Waals surface area contributed by atoms with Crippen molar-refractivity contribution in [1.82, 2.24) is 14.9 Å². The Hall–Kier alpha value is -1.70. The Morgan fingerprint density at radius 1 is 1.35 bits per heavy atom. The molecule has 20 heavy (non-hydrogen) atoms. The SMILES string of the molecule is Cc1[nH]ncc1S(=O)(=O)NC(C)(CO)c1ccccc1. The number of aromatic amines is 1. The van der Waals surface area contributed by atoms with E-state index in [9.17, 15) is 13.5 Å². The lowest BCUT2D eigenvalue weighted by atomic mass is 9.94. The first-order valence-corrected chi connectivity index (χ1v) is 7.58. The topological polar surface area (TPSA) is 95.1 Å². The van der Waals surface area contributed by atoms with E-state index in [0.29, 0.717) is 11.3 Å². The van der Waals surface area contributed by atoms with E-state index in [4.69, 9.17) is 0 Å². The normalized spacial score (nSPS) is 14.9. The zero-order valence-electron chi connectivity index (χ0n) is 11.3. The molecule has 0 spiro atoms. The van der Waals surface area contributed by atoms with Gasteiger partial charge in [0.15, 0.2) is 0 Å². The summed E-state index contributed by atoms with van der Waals surface area (Å²) in [4.78, 5) is 0.0770. The Bertz CT molecular complexity index is 682. The third kappa shape index (κ3) is 2.74. The van der Waals surface area contributed by atoms with Crippen LogP contribution in [0.1, 0.15) is 18.2 Å². The largest absolute Gasteiger partial charge is 0.394 e. The molecule has 1 aromatic carbocycles. The molecule has 0 saturated carbocycles. The molecule has 0 aliphatic carbocycles. The van der Waals surface area contributed by atoms with Gasteiger partial charge in [-0.3, -0.25) is 5.10 Å². The molecule has 7 heteroatoms. The van der Waals surface area contributed by atoms with Crippen molar-refractivity contribution in [2.75, 3.05) is 6.61 Å². The molecule has 0 amide bonds. The van der Waals surface area contributed by atoms with E-state index >= 15 is 0 Å². The van der Waals surface area contributed by atoms with Crippen LogP contribution in [0.5, 0.6) is 0 Å². The molecule has 2 aromatic rings. The zero-order valence-corrected chi connectivity index (χ0v) is 12.1. The monoisotopic (exact) mass is 295 g/mol. The highest BCUT2D eigenvalue weighted by Crippen LogP contribution is 2.23. The van der Waals surface area contributed by atoms with Gasteiger partial charge >= 0.3 is 0 Å². The van der Waals surface area contributed by atoms with Gasteiger partial charge in [-0.2, -0.15) is 9.82 Å². The smallest absolute Gasteiger partial charge is 0.244 e. The van der Waals surface area contributed by atoms with E-state index in [0.717, 1.165) is 0 Å². The van der Waals surface area contributed by atoms with Crippen LogP contribution < -0.4 is 4.72 Å². The summed E-state index contributed by atoms with van der Waals surface area (Å²) in [6.45, 7) is 2.91. The Labute approximate surface area is 117 Å². The van der Waals surface area contributed by atoms with E-state index < -0.39 is 15.6 Å². The van der Waals surface area contributed by atoms with Crippen LogP contribution in [0.3, 0.4) is 0 Å². The molecule has 0 bridgehead atoms. The molecule has 1 unspecified atom stereocenters. The van der Waals surface area contributed by atoms with Crippen molar-refractivity contribution in [3.05, 3.63) is 47.8 Å². The van der Waals surface area contributed by atoms with E-state index in [1.54, 1.807) is 38.1 Å². The number of nitrogens with zero attached hydrogens (tertiary/aromatic N) is 1. The lowest BCUT2D eigenvalue weighted by molar-refractivity contribution is 0.196. The summed E-state index contributed by atoms with van der Waals surface area (Å²) in [6, 6.07) is 8.94. The molecule has 1 heterocycles. The van der Waals surface area contributed by atoms with Crippen LogP contribution >= 0.6 is 0 Å². The highest BCUT2D eigenvalue weighted by molar-refractivity contribution is 7.89. The maximum Gasteiger partial charge on any atom is 0.244 e. The number of benzene rings is 1. The van der Waals surface area contributed by atoms with E-state index in [2.05, 4.69) is 14.9 Å². The Kier molecular flexibility index (Phi) is 3.94. The first-order valence-electron chi connectivity index (χ1n) is 6.09. The van der Waals surface area contributed by atoms with Crippen LogP contribution in [-0.2, 0) is 15.6 Å². The maximum absolute atomic E-state index is 12.4. The summed E-state index contributed by atoms with van der Waals surface area (Å²) in [6.07, 6.45) is 1.25. The van der Waals surface area contributed by atoms with Crippen LogP contribution in [0.15, 0.2) is 41.4 Å². The lowest BCUT2D eigenvalue weighted by Gasteiger charge is -2.28. The van der Waals surface area contributed by atoms with Gasteiger partial charge < -0.3 is 5.11 Å². The number of aryl methyl sites for hydroxylation is 1. The molecule has 3 N–H and O–H groups in total. The maximum atomic E-state index is 12.4. The Morgan fingerprint density at radius 3 is 2.50 bits per heavy atom. The summed E-state index contributed by atoms with van der Waals surface area (Å²) in [5, 5.41) is 15.9. The molecular weight excluding hydrogens is 278 g/mol. The number of aliphatic hydroxyl groups is 1. The molecule has 0 saturated heterocycles. The van der Waals surface area contributed by atoms with Gasteiger partial charge in [0.2, 0.25) is 10.0 Å². The summed E-state index contributed by atoms with van der Waals surface area (Å²) in [5.41, 5.74) is 0.0437. The van der Waals surface area contributed by atoms with E-state index in [1.807, 2.05) is 6.07 Å². The molecule has 0 radical (unpaired) electrons. The number of hydrogen-bond donors (Lipinski definition) is 3. The van der Waals surface area contributed by atoms with Crippen molar-refractivity contribution in [2.24, 2.45) is 0 Å². The Morgan fingerprint density at radius 2 is 2.00 bits per heavy atom. The summed E-state index contributed by atoms with van der Waals surface area (Å²) >= 11 is 0. The van der Waals surface area contributed by atoms with Gasteiger partial charge in [-0.25, -0.2) is 8.42 Å². The van der Waals surface area contributed by atoms with Gasteiger partial charge in [0.05, 0.1) is 24.0 Å². The molecule has 0 aliphatic heterocycles. The van der Waals surface area contributed by atoms with Crippen molar-refractivity contribution < 1.29 is 13.5 Å². The van der Waals surface area contributed by atoms with E-state index in [-0.39, 0.29) is 11.5 Å². The van der Waals surface area contributed by atoms with Gasteiger partial charge in [0.1, 0.15) is 4.90 Å². The van der Waals surface area contributed by atoms with Crippen molar-refractivity contribution in [3.8, 4) is 0 Å². The minimum atomic E-state index is -3.77. The molecule has 6 nitrogen and oxygen atoms in total.